The van der Waals surface area contributed by atoms with Crippen LogP contribution in [0.3, 0.4) is 0 Å². The van der Waals surface area contributed by atoms with Crippen LogP contribution < -0.4 is 9.62 Å². The van der Waals surface area contributed by atoms with Crippen molar-refractivity contribution in [2.75, 3.05) is 10.6 Å². The Kier molecular flexibility index (Phi) is 7.10. The highest BCUT2D eigenvalue weighted by Gasteiger charge is 2.31. The van der Waals surface area contributed by atoms with Crippen molar-refractivity contribution < 1.29 is 13.2 Å². The van der Waals surface area contributed by atoms with E-state index in [4.69, 9.17) is 0 Å². The maximum atomic E-state index is 13.2. The lowest BCUT2D eigenvalue weighted by Gasteiger charge is -2.31. The van der Waals surface area contributed by atoms with Crippen LogP contribution in [0.2, 0.25) is 0 Å². The predicted molar refractivity (Wildman–Crippen MR) is 127 cm³/mol. The van der Waals surface area contributed by atoms with Crippen LogP contribution in [0.4, 0.5) is 5.69 Å². The third kappa shape index (κ3) is 5.29. The third-order valence-electron chi connectivity index (χ3n) is 6.19. The van der Waals surface area contributed by atoms with Gasteiger partial charge in [-0.2, -0.15) is 0 Å². The van der Waals surface area contributed by atoms with Gasteiger partial charge in [0.05, 0.1) is 18.0 Å². The topological polar surface area (TPSA) is 66.5 Å². The molecule has 2 atom stereocenters. The van der Waals surface area contributed by atoms with Crippen molar-refractivity contribution in [3.8, 4) is 0 Å². The van der Waals surface area contributed by atoms with E-state index in [1.807, 2.05) is 39.0 Å². The smallest absolute Gasteiger partial charge is 0.244 e. The first-order valence-electron chi connectivity index (χ1n) is 11.1. The number of hydrogen-bond acceptors (Lipinski definition) is 3. The molecule has 0 heterocycles. The molecule has 1 aliphatic rings. The van der Waals surface area contributed by atoms with Gasteiger partial charge in [-0.3, -0.25) is 9.10 Å². The number of nitrogens with zero attached hydrogens (tertiary/aromatic N) is 1. The molecule has 0 fully saturated rings. The fourth-order valence-electron chi connectivity index (χ4n) is 4.42. The Labute approximate surface area is 186 Å². The lowest BCUT2D eigenvalue weighted by Crippen LogP contribution is -2.48. The molecule has 6 heteroatoms. The second kappa shape index (κ2) is 9.43. The number of sulfonamides is 1. The fourth-order valence-corrected chi connectivity index (χ4v) is 5.65. The lowest BCUT2D eigenvalue weighted by atomic mass is 9.88. The zero-order valence-corrected chi connectivity index (χ0v) is 20.1. The summed E-state index contributed by atoms with van der Waals surface area (Å²) in [7, 11) is -3.65. The van der Waals surface area contributed by atoms with Gasteiger partial charge < -0.3 is 5.32 Å². The van der Waals surface area contributed by atoms with Crippen molar-refractivity contribution in [3.05, 3.63) is 64.2 Å². The summed E-state index contributed by atoms with van der Waals surface area (Å²) in [5, 5.41) is 3.10. The zero-order chi connectivity index (χ0) is 22.8. The Balaban J connectivity index is 1.86. The van der Waals surface area contributed by atoms with E-state index in [-0.39, 0.29) is 11.9 Å². The van der Waals surface area contributed by atoms with Gasteiger partial charge in [-0.1, -0.05) is 37.3 Å². The van der Waals surface area contributed by atoms with Crippen LogP contribution in [0.15, 0.2) is 36.4 Å². The molecule has 3 rings (SSSR count). The largest absolute Gasteiger partial charge is 0.347 e. The third-order valence-corrected chi connectivity index (χ3v) is 7.42. The summed E-state index contributed by atoms with van der Waals surface area (Å²) in [6.07, 6.45) is 6.53. The molecule has 2 aromatic carbocycles. The van der Waals surface area contributed by atoms with Crippen LogP contribution in [0.5, 0.6) is 0 Å². The molecular formula is C25H34N2O3S. The van der Waals surface area contributed by atoms with Crippen LogP contribution in [0.25, 0.3) is 0 Å². The Morgan fingerprint density at radius 3 is 2.39 bits per heavy atom. The molecule has 31 heavy (non-hydrogen) atoms. The van der Waals surface area contributed by atoms with Gasteiger partial charge in [0.2, 0.25) is 15.9 Å². The normalized spacial score (nSPS) is 15.6. The highest BCUT2D eigenvalue weighted by atomic mass is 32.2. The molecule has 0 spiro atoms. The van der Waals surface area contributed by atoms with Gasteiger partial charge in [0.15, 0.2) is 0 Å². The van der Waals surface area contributed by atoms with Gasteiger partial charge in [0.1, 0.15) is 6.04 Å². The molecule has 5 nitrogen and oxygen atoms in total. The van der Waals surface area contributed by atoms with Crippen molar-refractivity contribution in [2.45, 2.75) is 71.9 Å². The molecule has 0 bridgehead atoms. The zero-order valence-electron chi connectivity index (χ0n) is 19.2. The first kappa shape index (κ1) is 23.3. The van der Waals surface area contributed by atoms with Gasteiger partial charge in [0, 0.05) is 0 Å². The van der Waals surface area contributed by atoms with Crippen molar-refractivity contribution in [1.82, 2.24) is 5.32 Å². The maximum Gasteiger partial charge on any atom is 0.244 e. The molecule has 1 amide bonds. The summed E-state index contributed by atoms with van der Waals surface area (Å²) in [4.78, 5) is 13.2. The van der Waals surface area contributed by atoms with Crippen molar-refractivity contribution in [1.29, 1.82) is 0 Å². The van der Waals surface area contributed by atoms with Crippen molar-refractivity contribution in [2.24, 2.45) is 0 Å². The molecule has 2 unspecified atom stereocenters. The van der Waals surface area contributed by atoms with E-state index in [0.29, 0.717) is 5.69 Å². The van der Waals surface area contributed by atoms with Crippen LogP contribution in [-0.4, -0.2) is 26.6 Å². The Hall–Kier alpha value is -2.34. The molecule has 0 saturated carbocycles. The number of carbonyl (C=O) groups is 1. The minimum atomic E-state index is -3.65. The van der Waals surface area contributed by atoms with E-state index in [0.717, 1.165) is 42.2 Å². The number of aryl methyl sites for hydroxylation is 4. The van der Waals surface area contributed by atoms with Crippen molar-refractivity contribution in [3.63, 3.8) is 0 Å². The minimum absolute atomic E-state index is 0.151. The average Bonchev–Trinajstić information content (AvgIpc) is 2.73. The SMILES string of the molecule is CCC(NC(=O)C(C)N(c1cc(C)ccc1C)S(C)(=O)=O)c1ccc2c(c1)CCCC2. The number of anilines is 1. The van der Waals surface area contributed by atoms with Gasteiger partial charge in [-0.15, -0.1) is 0 Å². The molecule has 1 aliphatic carbocycles. The van der Waals surface area contributed by atoms with E-state index in [2.05, 4.69) is 23.5 Å². The first-order chi connectivity index (χ1) is 14.6. The Bertz CT molecular complexity index is 1060. The Morgan fingerprint density at radius 2 is 1.74 bits per heavy atom. The van der Waals surface area contributed by atoms with E-state index < -0.39 is 16.1 Å². The molecule has 2 aromatic rings. The second-order valence-electron chi connectivity index (χ2n) is 8.73. The molecule has 0 aliphatic heterocycles. The number of amides is 1. The standard InChI is InChI=1S/C25H34N2O3S/c1-6-23(22-14-13-20-9-7-8-10-21(20)16-22)26-25(28)19(4)27(31(5,29)30)24-15-17(2)11-12-18(24)3/h11-16,19,23H,6-10H2,1-5H3,(H,26,28). The molecular weight excluding hydrogens is 408 g/mol. The molecule has 1 N–H and O–H groups in total. The van der Waals surface area contributed by atoms with E-state index in [1.54, 1.807) is 6.92 Å². The van der Waals surface area contributed by atoms with Crippen LogP contribution in [-0.2, 0) is 27.7 Å². The predicted octanol–water partition coefficient (Wildman–Crippen LogP) is 4.60. The summed E-state index contributed by atoms with van der Waals surface area (Å²) in [5.41, 5.74) is 6.17. The quantitative estimate of drug-likeness (QED) is 0.681. The first-order valence-corrected chi connectivity index (χ1v) is 13.0. The molecule has 0 aromatic heterocycles. The van der Waals surface area contributed by atoms with E-state index in [1.165, 1.54) is 28.3 Å². The van der Waals surface area contributed by atoms with Crippen LogP contribution in [0, 0.1) is 13.8 Å². The Morgan fingerprint density at radius 1 is 1.06 bits per heavy atom. The summed E-state index contributed by atoms with van der Waals surface area (Å²) < 4.78 is 26.6. The fraction of sp³-hybridized carbons (Fsp3) is 0.480. The monoisotopic (exact) mass is 442 g/mol. The number of hydrogen-bond donors (Lipinski definition) is 1. The van der Waals surface area contributed by atoms with Crippen molar-refractivity contribution >= 4 is 21.6 Å². The minimum Gasteiger partial charge on any atom is -0.347 e. The molecule has 0 saturated heterocycles. The number of fused-ring (bicyclic) bond motifs is 1. The number of carbonyl (C=O) groups excluding carboxylic acids is 1. The number of benzene rings is 2. The summed E-state index contributed by atoms with van der Waals surface area (Å²) >= 11 is 0. The van der Waals surface area contributed by atoms with Gasteiger partial charge in [-0.05, 0) is 86.8 Å². The van der Waals surface area contributed by atoms with Gasteiger partial charge >= 0.3 is 0 Å². The lowest BCUT2D eigenvalue weighted by molar-refractivity contribution is -0.122. The van der Waals surface area contributed by atoms with Gasteiger partial charge in [0.25, 0.3) is 0 Å². The second-order valence-corrected chi connectivity index (χ2v) is 10.6. The maximum absolute atomic E-state index is 13.2. The molecule has 168 valence electrons. The molecule has 0 radical (unpaired) electrons. The average molecular weight is 443 g/mol. The van der Waals surface area contributed by atoms with Crippen LogP contribution in [0.1, 0.15) is 67.0 Å². The van der Waals surface area contributed by atoms with E-state index in [9.17, 15) is 13.2 Å². The summed E-state index contributed by atoms with van der Waals surface area (Å²) in [6.45, 7) is 7.46. The number of nitrogens with one attached hydrogen (secondary N) is 1. The summed E-state index contributed by atoms with van der Waals surface area (Å²) in [6, 6.07) is 11.1. The number of rotatable bonds is 7. The van der Waals surface area contributed by atoms with Crippen LogP contribution >= 0.6 is 0 Å². The highest BCUT2D eigenvalue weighted by molar-refractivity contribution is 7.92. The van der Waals surface area contributed by atoms with Gasteiger partial charge in [-0.25, -0.2) is 8.42 Å². The summed E-state index contributed by atoms with van der Waals surface area (Å²) in [5.74, 6) is -0.295. The van der Waals surface area contributed by atoms with E-state index >= 15 is 0 Å². The highest BCUT2D eigenvalue weighted by Crippen LogP contribution is 2.28.